The monoisotopic (exact) mass is 1570 g/mol. The molecule has 2 unspecified atom stereocenters. The minimum atomic E-state index is -1.19. The number of carbonyl (C=O) groups excluding carboxylic acids is 6. The van der Waals surface area contributed by atoms with Gasteiger partial charge in [0.2, 0.25) is 11.8 Å². The Morgan fingerprint density at radius 1 is 0.348 bits per heavy atom. The number of hydrogen-bond acceptors (Lipinski definition) is 18. The van der Waals surface area contributed by atoms with E-state index in [4.69, 9.17) is 56.8 Å². The van der Waals surface area contributed by atoms with Gasteiger partial charge in [-0.05, 0) is 81.3 Å². The molecule has 112 heavy (non-hydrogen) atoms. The summed E-state index contributed by atoms with van der Waals surface area (Å²) in [5.74, 6) is -2.62. The molecule has 636 valence electrons. The van der Waals surface area contributed by atoms with E-state index in [0.29, 0.717) is 103 Å². The summed E-state index contributed by atoms with van der Waals surface area (Å²) in [6, 6.07) is 25.3. The minimum Gasteiger partial charge on any atom is -0.459 e. The number of benzene rings is 3. The lowest BCUT2D eigenvalue weighted by Gasteiger charge is -2.44. The Labute approximate surface area is 674 Å². The molecule has 1 fully saturated rings. The van der Waals surface area contributed by atoms with Crippen molar-refractivity contribution in [1.29, 1.82) is 0 Å². The molecule has 1 heterocycles. The molecule has 1 aliphatic heterocycles. The summed E-state index contributed by atoms with van der Waals surface area (Å²) >= 11 is 0. The van der Waals surface area contributed by atoms with E-state index in [-0.39, 0.29) is 63.1 Å². The number of hydrogen-bond donors (Lipinski definition) is 3. The lowest BCUT2D eigenvalue weighted by atomic mass is 9.91. The zero-order chi connectivity index (χ0) is 79.9. The van der Waals surface area contributed by atoms with Crippen molar-refractivity contribution in [3.63, 3.8) is 0 Å². The molecule has 3 N–H and O–H groups in total. The van der Waals surface area contributed by atoms with Crippen LogP contribution < -0.4 is 16.0 Å². The molecule has 0 spiro atoms. The van der Waals surface area contributed by atoms with E-state index in [2.05, 4.69) is 29.8 Å². The van der Waals surface area contributed by atoms with Crippen molar-refractivity contribution >= 4 is 35.8 Å². The van der Waals surface area contributed by atoms with Gasteiger partial charge in [0.05, 0.1) is 69.5 Å². The van der Waals surface area contributed by atoms with Crippen LogP contribution >= 0.6 is 0 Å². The maximum atomic E-state index is 13.5. The van der Waals surface area contributed by atoms with Gasteiger partial charge in [-0.15, -0.1) is 0 Å². The third-order valence-electron chi connectivity index (χ3n) is 20.2. The third-order valence-corrected chi connectivity index (χ3v) is 20.2. The number of ether oxygens (including phenoxy) is 12. The van der Waals surface area contributed by atoms with Crippen LogP contribution in [0, 0.1) is 5.92 Å². The number of esters is 3. The molecule has 6 atom stereocenters. The van der Waals surface area contributed by atoms with E-state index in [1.54, 1.807) is 97.9 Å². The lowest BCUT2D eigenvalue weighted by Crippen LogP contribution is -2.58. The van der Waals surface area contributed by atoms with Gasteiger partial charge in [0.1, 0.15) is 31.5 Å². The predicted molar refractivity (Wildman–Crippen MR) is 442 cm³/mol. The quantitative estimate of drug-likeness (QED) is 0.0270. The van der Waals surface area contributed by atoms with E-state index in [0.717, 1.165) is 57.8 Å². The van der Waals surface area contributed by atoms with Crippen LogP contribution in [0.4, 0.5) is 4.79 Å². The second-order valence-electron chi connectivity index (χ2n) is 30.0. The molecule has 21 heteroatoms. The first-order valence-electron chi connectivity index (χ1n) is 44.0. The summed E-state index contributed by atoms with van der Waals surface area (Å²) in [5, 5.41) is 8.74. The second-order valence-corrected chi connectivity index (χ2v) is 30.0. The van der Waals surface area contributed by atoms with Crippen LogP contribution in [0.3, 0.4) is 0 Å². The van der Waals surface area contributed by atoms with E-state index in [9.17, 15) is 28.8 Å². The van der Waals surface area contributed by atoms with Crippen molar-refractivity contribution < 1.29 is 85.6 Å². The topological polar surface area (TPSA) is 249 Å². The Bertz CT molecular complexity index is 2740. The van der Waals surface area contributed by atoms with E-state index < -0.39 is 54.5 Å². The maximum absolute atomic E-state index is 13.5. The summed E-state index contributed by atoms with van der Waals surface area (Å²) in [4.78, 5) is 77.8. The number of carbonyl (C=O) groups is 6. The molecule has 0 radical (unpaired) electrons. The van der Waals surface area contributed by atoms with Gasteiger partial charge in [0.25, 0.3) is 0 Å². The van der Waals surface area contributed by atoms with Crippen LogP contribution in [-0.2, 0) is 66.4 Å². The Morgan fingerprint density at radius 3 is 1.21 bits per heavy atom. The molecule has 0 aromatic heterocycles. The van der Waals surface area contributed by atoms with Crippen molar-refractivity contribution in [2.75, 3.05) is 112 Å². The minimum absolute atomic E-state index is 0.0107. The van der Waals surface area contributed by atoms with Gasteiger partial charge in [-0.2, -0.15) is 0 Å². The van der Waals surface area contributed by atoms with Crippen LogP contribution in [0.2, 0.25) is 0 Å². The first kappa shape index (κ1) is 98.3. The average molecular weight is 1570 g/mol. The number of unbranched alkanes of at least 4 members (excludes halogenated alkanes) is 34. The highest BCUT2D eigenvalue weighted by molar-refractivity contribution is 5.91. The predicted octanol–water partition coefficient (Wildman–Crippen LogP) is 19.1. The molecule has 1 saturated heterocycles. The normalized spacial score (nSPS) is 15.7. The standard InChI is InChI=1S/C91H149N3O18/c1-4-6-8-10-12-14-16-18-20-22-24-26-28-30-32-48-64-105-74-81(106-66-50-33-31-29-27-25-23-21-19-17-15-13-11-9-7-5-2)75-109-91(100)94-60-47-37-45-58-83(95)92-61-51-65-102-69-68-101-63-49-38-46-59-84(96)93-62-67-103-70-71-104-72-73-107-90-77(3)85(111-88(98)79-54-41-35-42-55-79)86(112-89(99)80-56-43-36-44-57-80)82(110-90)76-108-87(97)78-52-39-34-40-53-78/h34-36,39-44,52-57,77,81-82,85-86,90H,4-33,37-38,45-51,58-76H2,1-3H3,(H,92,95)(H,93,96)(H,94,100)/t77?,81-,82?,85+,86+,90-/m0/s1. The molecular formula is C91H149N3O18. The van der Waals surface area contributed by atoms with Crippen LogP contribution in [0.25, 0.3) is 0 Å². The van der Waals surface area contributed by atoms with Crippen LogP contribution in [0.5, 0.6) is 0 Å². The fraction of sp³-hybridized carbons (Fsp3) is 0.736. The Kier molecular flexibility index (Phi) is 61.8. The van der Waals surface area contributed by atoms with Gasteiger partial charge >= 0.3 is 24.0 Å². The van der Waals surface area contributed by atoms with Crippen LogP contribution in [-0.4, -0.2) is 179 Å². The molecule has 21 nitrogen and oxygen atoms in total. The Hall–Kier alpha value is -6.04. The fourth-order valence-electron chi connectivity index (χ4n) is 13.4. The maximum Gasteiger partial charge on any atom is 0.407 e. The molecule has 3 aromatic rings. The van der Waals surface area contributed by atoms with Crippen molar-refractivity contribution in [3.8, 4) is 0 Å². The third kappa shape index (κ3) is 52.4. The van der Waals surface area contributed by atoms with Gasteiger partial charge in [-0.3, -0.25) is 9.59 Å². The highest BCUT2D eigenvalue weighted by Crippen LogP contribution is 2.33. The highest BCUT2D eigenvalue weighted by atomic mass is 16.7. The number of rotatable bonds is 75. The molecule has 3 amide bonds. The van der Waals surface area contributed by atoms with Crippen molar-refractivity contribution in [1.82, 2.24) is 16.0 Å². The van der Waals surface area contributed by atoms with Crippen molar-refractivity contribution in [3.05, 3.63) is 108 Å². The molecule has 0 saturated carbocycles. The zero-order valence-electron chi connectivity index (χ0n) is 69.5. The van der Waals surface area contributed by atoms with Gasteiger partial charge in [-0.1, -0.05) is 281 Å². The lowest BCUT2D eigenvalue weighted by molar-refractivity contribution is -0.282. The number of nitrogens with one attached hydrogen (secondary N) is 3. The average Bonchev–Trinajstić information content (AvgIpc) is 0.787. The van der Waals surface area contributed by atoms with Crippen LogP contribution in [0.15, 0.2) is 91.0 Å². The molecule has 0 bridgehead atoms. The van der Waals surface area contributed by atoms with Gasteiger partial charge in [-0.25, -0.2) is 19.2 Å². The summed E-state index contributed by atoms with van der Waals surface area (Å²) < 4.78 is 71.1. The van der Waals surface area contributed by atoms with E-state index in [1.807, 2.05) is 0 Å². The molecule has 1 aliphatic rings. The largest absolute Gasteiger partial charge is 0.459 e. The Balaban J connectivity index is 0.950. The van der Waals surface area contributed by atoms with Gasteiger partial charge in [0, 0.05) is 64.8 Å². The SMILES string of the molecule is CCCCCCCCCCCCCCCCCCOC[C@@H](COC(=O)NCCCCCC(=O)NCCCOCCOCCCCCC(=O)NCCOCCOCCO[C@H]1OC(COC(=O)c2ccccc2)[C@@H](OC(=O)c2ccccc2)[C@H](OC(=O)c2ccccc2)C1C)OCCCCCCCCCCCCCCCCCC. The van der Waals surface area contributed by atoms with E-state index in [1.165, 1.54) is 186 Å². The zero-order valence-corrected chi connectivity index (χ0v) is 69.5. The van der Waals surface area contributed by atoms with Crippen LogP contribution in [0.1, 0.15) is 315 Å². The van der Waals surface area contributed by atoms with Crippen molar-refractivity contribution in [2.45, 2.75) is 315 Å². The second kappa shape index (κ2) is 70.4. The summed E-state index contributed by atoms with van der Waals surface area (Å²) in [5.41, 5.74) is 0.886. The van der Waals surface area contributed by atoms with E-state index >= 15 is 0 Å². The first-order chi connectivity index (χ1) is 55.1. The molecule has 0 aliphatic carbocycles. The molecule has 3 aromatic carbocycles. The van der Waals surface area contributed by atoms with Gasteiger partial charge in [0.15, 0.2) is 12.4 Å². The van der Waals surface area contributed by atoms with Gasteiger partial charge < -0.3 is 72.8 Å². The first-order valence-corrected chi connectivity index (χ1v) is 44.0. The summed E-state index contributed by atoms with van der Waals surface area (Å²) in [7, 11) is 0. The molecular weight excluding hydrogens is 1420 g/mol. The highest BCUT2D eigenvalue weighted by Gasteiger charge is 2.50. The number of amides is 3. The molecule has 4 rings (SSSR count). The summed E-state index contributed by atoms with van der Waals surface area (Å²) in [6.07, 6.45) is 43.8. The Morgan fingerprint density at radius 2 is 0.723 bits per heavy atom. The summed E-state index contributed by atoms with van der Waals surface area (Å²) in [6.45, 7) is 12.4. The number of alkyl carbamates (subject to hydrolysis) is 1. The smallest absolute Gasteiger partial charge is 0.407 e. The fourth-order valence-corrected chi connectivity index (χ4v) is 13.4. The van der Waals surface area contributed by atoms with Crippen molar-refractivity contribution in [2.24, 2.45) is 5.92 Å².